The number of hydrogen-bond acceptors (Lipinski definition) is 5. The summed E-state index contributed by atoms with van der Waals surface area (Å²) in [5.41, 5.74) is 0.474. The van der Waals surface area contributed by atoms with E-state index in [4.69, 9.17) is 9.47 Å². The number of hydrogen-bond donors (Lipinski definition) is 1. The number of amides is 1. The first-order chi connectivity index (χ1) is 11.5. The molecule has 3 rings (SSSR count). The topological polar surface area (TPSA) is 84.9 Å². The lowest BCUT2D eigenvalue weighted by Crippen LogP contribution is -2.40. The van der Waals surface area contributed by atoms with Crippen LogP contribution >= 0.6 is 0 Å². The number of sulfonamides is 1. The van der Waals surface area contributed by atoms with Gasteiger partial charge in [0.05, 0.1) is 19.8 Å². The molecule has 1 aliphatic carbocycles. The highest BCUT2D eigenvalue weighted by molar-refractivity contribution is 7.89. The van der Waals surface area contributed by atoms with Crippen LogP contribution in [0.4, 0.5) is 5.69 Å². The van der Waals surface area contributed by atoms with Crippen LogP contribution in [0.15, 0.2) is 23.1 Å². The Morgan fingerprint density at radius 1 is 1.33 bits per heavy atom. The standard InChI is InChI=1S/C16H22N2O5S/c1-2-23-14-6-5-13(17-16(19)12-3-4-12)11-15(14)24(20,21)18-7-9-22-10-8-18/h5-6,11-12H,2-4,7-10H2,1H3,(H,17,19). The van der Waals surface area contributed by atoms with E-state index in [0.717, 1.165) is 12.8 Å². The van der Waals surface area contributed by atoms with E-state index in [1.165, 1.54) is 10.4 Å². The molecule has 1 aromatic rings. The number of anilines is 1. The molecule has 1 amide bonds. The molecular weight excluding hydrogens is 332 g/mol. The second kappa shape index (κ2) is 7.08. The number of morpholine rings is 1. The minimum Gasteiger partial charge on any atom is -0.492 e. The van der Waals surface area contributed by atoms with Gasteiger partial charge in [0.1, 0.15) is 10.6 Å². The summed E-state index contributed by atoms with van der Waals surface area (Å²) in [6.07, 6.45) is 1.78. The van der Waals surface area contributed by atoms with Gasteiger partial charge in [-0.15, -0.1) is 0 Å². The zero-order valence-electron chi connectivity index (χ0n) is 13.7. The average Bonchev–Trinajstić information content (AvgIpc) is 3.42. The lowest BCUT2D eigenvalue weighted by Gasteiger charge is -2.27. The maximum absolute atomic E-state index is 12.9. The molecule has 1 saturated carbocycles. The Labute approximate surface area is 142 Å². The number of nitrogens with zero attached hydrogens (tertiary/aromatic N) is 1. The molecule has 132 valence electrons. The third-order valence-corrected chi connectivity index (χ3v) is 5.97. The summed E-state index contributed by atoms with van der Waals surface area (Å²) in [6, 6.07) is 4.75. The molecule has 1 aliphatic heterocycles. The zero-order valence-corrected chi connectivity index (χ0v) is 14.5. The Morgan fingerprint density at radius 2 is 2.04 bits per heavy atom. The molecule has 0 spiro atoms. The highest BCUT2D eigenvalue weighted by Gasteiger charge is 2.32. The summed E-state index contributed by atoms with van der Waals surface area (Å²) >= 11 is 0. The van der Waals surface area contributed by atoms with Crippen LogP contribution in [0.1, 0.15) is 19.8 Å². The first-order valence-corrected chi connectivity index (χ1v) is 9.62. The van der Waals surface area contributed by atoms with Crippen molar-refractivity contribution in [3.05, 3.63) is 18.2 Å². The lowest BCUT2D eigenvalue weighted by atomic mass is 10.3. The van der Waals surface area contributed by atoms with Crippen LogP contribution in [0.3, 0.4) is 0 Å². The first-order valence-electron chi connectivity index (χ1n) is 8.18. The van der Waals surface area contributed by atoms with E-state index in [-0.39, 0.29) is 16.7 Å². The molecule has 1 heterocycles. The van der Waals surface area contributed by atoms with E-state index in [9.17, 15) is 13.2 Å². The predicted molar refractivity (Wildman–Crippen MR) is 88.5 cm³/mol. The lowest BCUT2D eigenvalue weighted by molar-refractivity contribution is -0.117. The third-order valence-electron chi connectivity index (χ3n) is 4.05. The number of benzene rings is 1. The highest BCUT2D eigenvalue weighted by atomic mass is 32.2. The average molecular weight is 354 g/mol. The summed E-state index contributed by atoms with van der Waals surface area (Å²) in [5, 5.41) is 2.79. The molecule has 0 atom stereocenters. The van der Waals surface area contributed by atoms with E-state index in [0.29, 0.717) is 44.3 Å². The quantitative estimate of drug-likeness (QED) is 0.836. The largest absolute Gasteiger partial charge is 0.492 e. The maximum Gasteiger partial charge on any atom is 0.246 e. The summed E-state index contributed by atoms with van der Waals surface area (Å²) < 4.78 is 38.0. The van der Waals surface area contributed by atoms with Gasteiger partial charge in [-0.3, -0.25) is 4.79 Å². The van der Waals surface area contributed by atoms with Crippen molar-refractivity contribution in [1.29, 1.82) is 0 Å². The number of carbonyl (C=O) groups is 1. The summed E-state index contributed by atoms with van der Waals surface area (Å²) in [4.78, 5) is 12.0. The fourth-order valence-electron chi connectivity index (χ4n) is 2.58. The van der Waals surface area contributed by atoms with Gasteiger partial charge < -0.3 is 14.8 Å². The van der Waals surface area contributed by atoms with Crippen LogP contribution in [0, 0.1) is 5.92 Å². The van der Waals surface area contributed by atoms with Crippen molar-refractivity contribution in [2.24, 2.45) is 5.92 Å². The van der Waals surface area contributed by atoms with Crippen molar-refractivity contribution in [3.63, 3.8) is 0 Å². The van der Waals surface area contributed by atoms with Gasteiger partial charge in [-0.05, 0) is 38.0 Å². The summed E-state index contributed by atoms with van der Waals surface area (Å²) in [7, 11) is -3.70. The Hall–Kier alpha value is -1.64. The van der Waals surface area contributed by atoms with E-state index in [1.54, 1.807) is 19.1 Å². The molecule has 0 aromatic heterocycles. The molecular formula is C16H22N2O5S. The number of rotatable bonds is 6. The fraction of sp³-hybridized carbons (Fsp3) is 0.562. The van der Waals surface area contributed by atoms with Crippen molar-refractivity contribution in [2.75, 3.05) is 38.2 Å². The first kappa shape index (κ1) is 17.2. The van der Waals surface area contributed by atoms with Gasteiger partial charge in [-0.2, -0.15) is 4.31 Å². The molecule has 1 saturated heterocycles. The fourth-order valence-corrected chi connectivity index (χ4v) is 4.14. The van der Waals surface area contributed by atoms with Gasteiger partial charge in [0.2, 0.25) is 15.9 Å². The van der Waals surface area contributed by atoms with Crippen LogP contribution in [-0.4, -0.2) is 51.5 Å². The Bertz CT molecular complexity index is 709. The molecule has 1 aromatic carbocycles. The molecule has 0 radical (unpaired) electrons. The summed E-state index contributed by atoms with van der Waals surface area (Å²) in [5.74, 6) is 0.290. The molecule has 1 N–H and O–H groups in total. The Morgan fingerprint density at radius 3 is 2.67 bits per heavy atom. The third kappa shape index (κ3) is 3.71. The second-order valence-corrected chi connectivity index (χ2v) is 7.78. The number of carbonyl (C=O) groups excluding carboxylic acids is 1. The van der Waals surface area contributed by atoms with Crippen molar-refractivity contribution >= 4 is 21.6 Å². The van der Waals surface area contributed by atoms with Gasteiger partial charge >= 0.3 is 0 Å². The molecule has 0 unspecified atom stereocenters. The second-order valence-electron chi connectivity index (χ2n) is 5.87. The zero-order chi connectivity index (χ0) is 17.2. The normalized spacial score (nSPS) is 19.0. The minimum absolute atomic E-state index is 0.0517. The molecule has 7 nitrogen and oxygen atoms in total. The molecule has 8 heteroatoms. The van der Waals surface area contributed by atoms with Crippen LogP contribution < -0.4 is 10.1 Å². The Balaban J connectivity index is 1.91. The van der Waals surface area contributed by atoms with Gasteiger partial charge in [-0.1, -0.05) is 0 Å². The van der Waals surface area contributed by atoms with Crippen LogP contribution in [-0.2, 0) is 19.6 Å². The molecule has 2 aliphatic rings. The van der Waals surface area contributed by atoms with E-state index >= 15 is 0 Å². The van der Waals surface area contributed by atoms with Gasteiger partial charge in [-0.25, -0.2) is 8.42 Å². The van der Waals surface area contributed by atoms with E-state index < -0.39 is 10.0 Å². The van der Waals surface area contributed by atoms with Crippen LogP contribution in [0.5, 0.6) is 5.75 Å². The molecule has 2 fully saturated rings. The highest BCUT2D eigenvalue weighted by Crippen LogP contribution is 2.33. The van der Waals surface area contributed by atoms with Crippen molar-refractivity contribution in [2.45, 2.75) is 24.7 Å². The smallest absolute Gasteiger partial charge is 0.246 e. The summed E-state index contributed by atoms with van der Waals surface area (Å²) in [6.45, 7) is 3.54. The SMILES string of the molecule is CCOc1ccc(NC(=O)C2CC2)cc1S(=O)(=O)N1CCOCC1. The maximum atomic E-state index is 12.9. The van der Waals surface area contributed by atoms with Crippen molar-refractivity contribution in [3.8, 4) is 5.75 Å². The monoisotopic (exact) mass is 354 g/mol. The van der Waals surface area contributed by atoms with Gasteiger partial charge in [0.25, 0.3) is 0 Å². The van der Waals surface area contributed by atoms with Gasteiger partial charge in [0, 0.05) is 24.7 Å². The van der Waals surface area contributed by atoms with E-state index in [2.05, 4.69) is 5.32 Å². The van der Waals surface area contributed by atoms with Gasteiger partial charge in [0.15, 0.2) is 0 Å². The predicted octanol–water partition coefficient (Wildman–Crippen LogP) is 1.45. The molecule has 24 heavy (non-hydrogen) atoms. The van der Waals surface area contributed by atoms with Crippen LogP contribution in [0.2, 0.25) is 0 Å². The molecule has 0 bridgehead atoms. The van der Waals surface area contributed by atoms with Crippen molar-refractivity contribution in [1.82, 2.24) is 4.31 Å². The number of nitrogens with one attached hydrogen (secondary N) is 1. The Kier molecular flexibility index (Phi) is 5.07. The van der Waals surface area contributed by atoms with E-state index in [1.807, 2.05) is 0 Å². The minimum atomic E-state index is -3.70. The van der Waals surface area contributed by atoms with Crippen molar-refractivity contribution < 1.29 is 22.7 Å². The van der Waals surface area contributed by atoms with Crippen LogP contribution in [0.25, 0.3) is 0 Å². The number of ether oxygens (including phenoxy) is 2.